The molecule has 0 unspecified atom stereocenters. The summed E-state index contributed by atoms with van der Waals surface area (Å²) >= 11 is 11.6. The molecule has 1 aliphatic rings. The fourth-order valence-electron chi connectivity index (χ4n) is 3.64. The fourth-order valence-corrected chi connectivity index (χ4v) is 4.17. The number of aryl methyl sites for hydroxylation is 1. The number of thiocarbonyl (C=S) groups is 1. The SMILES string of the molecule is Cc1ccc(N(C(=O)c2ccc([N+](=O)[O-])cc2Cl)C(=S)OCCN2C(=O)c3ccccc3C2=O)cc1. The minimum atomic E-state index is -0.663. The average Bonchev–Trinajstić information content (AvgIpc) is 3.10. The molecule has 0 bridgehead atoms. The Morgan fingerprint density at radius 2 is 1.67 bits per heavy atom. The molecule has 3 aromatic rings. The predicted octanol–water partition coefficient (Wildman–Crippen LogP) is 4.80. The molecule has 0 spiro atoms. The van der Waals surface area contributed by atoms with E-state index >= 15 is 0 Å². The molecule has 3 amide bonds. The molecule has 9 nitrogen and oxygen atoms in total. The van der Waals surface area contributed by atoms with Crippen LogP contribution in [0.4, 0.5) is 11.4 Å². The highest BCUT2D eigenvalue weighted by Gasteiger charge is 2.35. The van der Waals surface area contributed by atoms with Crippen LogP contribution in [0.25, 0.3) is 0 Å². The Bertz CT molecular complexity index is 1370. The van der Waals surface area contributed by atoms with Crippen LogP contribution in [-0.2, 0) is 4.74 Å². The molecule has 182 valence electrons. The van der Waals surface area contributed by atoms with Gasteiger partial charge in [-0.25, -0.2) is 4.90 Å². The zero-order chi connectivity index (χ0) is 26.0. The molecular formula is C25H18ClN3O6S. The van der Waals surface area contributed by atoms with Gasteiger partial charge in [0.1, 0.15) is 6.61 Å². The van der Waals surface area contributed by atoms with E-state index in [0.717, 1.165) is 21.4 Å². The number of nitro benzene ring substituents is 1. The lowest BCUT2D eigenvalue weighted by molar-refractivity contribution is -0.384. The number of ether oxygens (including phenoxy) is 1. The Hall–Kier alpha value is -4.15. The van der Waals surface area contributed by atoms with Gasteiger partial charge in [0.15, 0.2) is 0 Å². The van der Waals surface area contributed by atoms with Gasteiger partial charge in [-0.05, 0) is 49.5 Å². The lowest BCUT2D eigenvalue weighted by Crippen LogP contribution is -2.39. The Balaban J connectivity index is 1.54. The van der Waals surface area contributed by atoms with Gasteiger partial charge in [0.05, 0.1) is 38.9 Å². The smallest absolute Gasteiger partial charge is 0.271 e. The van der Waals surface area contributed by atoms with E-state index in [2.05, 4.69) is 0 Å². The Morgan fingerprint density at radius 1 is 1.06 bits per heavy atom. The van der Waals surface area contributed by atoms with Crippen molar-refractivity contribution in [2.75, 3.05) is 18.1 Å². The van der Waals surface area contributed by atoms with Crippen LogP contribution in [0.5, 0.6) is 0 Å². The summed E-state index contributed by atoms with van der Waals surface area (Å²) in [6.45, 7) is 1.63. The molecule has 36 heavy (non-hydrogen) atoms. The number of hydrogen-bond acceptors (Lipinski definition) is 7. The number of rotatable bonds is 6. The maximum atomic E-state index is 13.4. The number of hydrogen-bond donors (Lipinski definition) is 0. The summed E-state index contributed by atoms with van der Waals surface area (Å²) in [6, 6.07) is 16.8. The summed E-state index contributed by atoms with van der Waals surface area (Å²) in [5, 5.41) is 10.7. The third kappa shape index (κ3) is 4.81. The molecule has 1 aliphatic heterocycles. The second-order valence-corrected chi connectivity index (χ2v) is 8.58. The van der Waals surface area contributed by atoms with Gasteiger partial charge in [-0.2, -0.15) is 0 Å². The number of fused-ring (bicyclic) bond motifs is 1. The lowest BCUT2D eigenvalue weighted by atomic mass is 10.1. The van der Waals surface area contributed by atoms with E-state index in [1.165, 1.54) is 12.1 Å². The summed E-state index contributed by atoms with van der Waals surface area (Å²) in [5.74, 6) is -1.53. The van der Waals surface area contributed by atoms with Gasteiger partial charge in [0, 0.05) is 12.1 Å². The molecule has 0 saturated heterocycles. The van der Waals surface area contributed by atoms with Crippen LogP contribution in [0.2, 0.25) is 5.02 Å². The molecule has 4 rings (SSSR count). The third-order valence-corrected chi connectivity index (χ3v) is 6.10. The standard InChI is InChI=1S/C25H18ClN3O6S/c1-15-6-8-16(9-7-15)28(24(32)20-11-10-17(29(33)34)14-21(20)26)25(36)35-13-12-27-22(30)18-4-2-3-5-19(18)23(27)31/h2-11,14H,12-13H2,1H3. The second kappa shape index (κ2) is 10.2. The first-order valence-corrected chi connectivity index (χ1v) is 11.4. The van der Waals surface area contributed by atoms with Crippen LogP contribution in [-0.4, -0.2) is 45.9 Å². The molecule has 11 heteroatoms. The first-order chi connectivity index (χ1) is 17.2. The van der Waals surface area contributed by atoms with Crippen LogP contribution >= 0.6 is 23.8 Å². The van der Waals surface area contributed by atoms with E-state index in [0.29, 0.717) is 16.8 Å². The van der Waals surface area contributed by atoms with Crippen molar-refractivity contribution in [3.63, 3.8) is 0 Å². The molecule has 0 radical (unpaired) electrons. The highest BCUT2D eigenvalue weighted by atomic mass is 35.5. The van der Waals surface area contributed by atoms with Gasteiger partial charge in [-0.3, -0.25) is 29.4 Å². The number of anilines is 1. The van der Waals surface area contributed by atoms with Crippen LogP contribution < -0.4 is 4.90 Å². The number of benzene rings is 3. The maximum absolute atomic E-state index is 13.4. The average molecular weight is 524 g/mol. The number of nitrogens with zero attached hydrogens (tertiary/aromatic N) is 3. The molecule has 3 aromatic carbocycles. The zero-order valence-corrected chi connectivity index (χ0v) is 20.4. The number of carbonyl (C=O) groups is 3. The quantitative estimate of drug-likeness (QED) is 0.197. The van der Waals surface area contributed by atoms with Crippen molar-refractivity contribution in [1.29, 1.82) is 0 Å². The number of imide groups is 1. The Kier molecular flexibility index (Phi) is 7.09. The number of halogens is 1. The van der Waals surface area contributed by atoms with Crippen molar-refractivity contribution in [3.05, 3.63) is 104 Å². The lowest BCUT2D eigenvalue weighted by Gasteiger charge is -2.24. The second-order valence-electron chi connectivity index (χ2n) is 7.82. The predicted molar refractivity (Wildman–Crippen MR) is 136 cm³/mol. The Morgan fingerprint density at radius 3 is 2.22 bits per heavy atom. The monoisotopic (exact) mass is 523 g/mol. The normalized spacial score (nSPS) is 12.3. The fraction of sp³-hybridized carbons (Fsp3) is 0.120. The van der Waals surface area contributed by atoms with Gasteiger partial charge in [-0.1, -0.05) is 41.4 Å². The van der Waals surface area contributed by atoms with E-state index < -0.39 is 22.6 Å². The van der Waals surface area contributed by atoms with Gasteiger partial charge in [0.25, 0.3) is 28.6 Å². The number of non-ortho nitro benzene ring substituents is 1. The van der Waals surface area contributed by atoms with Crippen LogP contribution in [0.15, 0.2) is 66.7 Å². The molecule has 0 aliphatic carbocycles. The highest BCUT2D eigenvalue weighted by molar-refractivity contribution is 7.80. The van der Waals surface area contributed by atoms with Gasteiger partial charge in [0.2, 0.25) is 0 Å². The van der Waals surface area contributed by atoms with E-state index in [1.807, 2.05) is 6.92 Å². The largest absolute Gasteiger partial charge is 0.468 e. The summed E-state index contributed by atoms with van der Waals surface area (Å²) < 4.78 is 5.63. The minimum Gasteiger partial charge on any atom is -0.468 e. The minimum absolute atomic E-state index is 0.0193. The zero-order valence-electron chi connectivity index (χ0n) is 18.8. The molecule has 0 saturated carbocycles. The van der Waals surface area contributed by atoms with E-state index in [-0.39, 0.29) is 34.6 Å². The van der Waals surface area contributed by atoms with Crippen LogP contribution in [0.1, 0.15) is 36.6 Å². The first-order valence-electron chi connectivity index (χ1n) is 10.7. The third-order valence-electron chi connectivity index (χ3n) is 5.49. The molecular weight excluding hydrogens is 506 g/mol. The number of amides is 3. The van der Waals surface area contributed by atoms with E-state index in [1.54, 1.807) is 48.5 Å². The van der Waals surface area contributed by atoms with Crippen LogP contribution in [0, 0.1) is 17.0 Å². The maximum Gasteiger partial charge on any atom is 0.271 e. The number of nitro groups is 1. The summed E-state index contributed by atoms with van der Waals surface area (Å²) in [7, 11) is 0. The summed E-state index contributed by atoms with van der Waals surface area (Å²) in [5.41, 5.74) is 1.67. The van der Waals surface area contributed by atoms with Gasteiger partial charge >= 0.3 is 0 Å². The van der Waals surface area contributed by atoms with Crippen molar-refractivity contribution < 1.29 is 24.0 Å². The molecule has 0 fully saturated rings. The molecule has 0 N–H and O–H groups in total. The van der Waals surface area contributed by atoms with Crippen molar-refractivity contribution >= 4 is 58.1 Å². The van der Waals surface area contributed by atoms with Crippen molar-refractivity contribution in [1.82, 2.24) is 4.90 Å². The van der Waals surface area contributed by atoms with Crippen molar-refractivity contribution in [3.8, 4) is 0 Å². The summed E-state index contributed by atoms with van der Waals surface area (Å²) in [4.78, 5) is 51.1. The molecule has 1 heterocycles. The van der Waals surface area contributed by atoms with E-state index in [4.69, 9.17) is 28.6 Å². The topological polar surface area (TPSA) is 110 Å². The molecule has 0 aromatic heterocycles. The molecule has 0 atom stereocenters. The van der Waals surface area contributed by atoms with E-state index in [9.17, 15) is 24.5 Å². The summed E-state index contributed by atoms with van der Waals surface area (Å²) in [6.07, 6.45) is 0. The van der Waals surface area contributed by atoms with Gasteiger partial charge < -0.3 is 4.74 Å². The Labute approximate surface area is 216 Å². The highest BCUT2D eigenvalue weighted by Crippen LogP contribution is 2.27. The number of carbonyl (C=O) groups excluding carboxylic acids is 3. The van der Waals surface area contributed by atoms with Crippen molar-refractivity contribution in [2.24, 2.45) is 0 Å². The van der Waals surface area contributed by atoms with Gasteiger partial charge in [-0.15, -0.1) is 0 Å². The van der Waals surface area contributed by atoms with Crippen molar-refractivity contribution in [2.45, 2.75) is 6.92 Å². The first kappa shape index (κ1) is 25.0. The van der Waals surface area contributed by atoms with Crippen LogP contribution in [0.3, 0.4) is 0 Å².